The molecule has 0 radical (unpaired) electrons. The molecule has 6 nitrogen and oxygen atoms in total. The van der Waals surface area contributed by atoms with Gasteiger partial charge in [-0.3, -0.25) is 14.6 Å². The van der Waals surface area contributed by atoms with Crippen molar-refractivity contribution in [1.82, 2.24) is 9.88 Å². The molecular weight excluding hydrogens is 502 g/mol. The minimum absolute atomic E-state index is 0.00961. The number of nitrogens with one attached hydrogen (secondary N) is 1. The molecule has 2 amide bonds. The first kappa shape index (κ1) is 25.7. The molecule has 190 valence electrons. The molecular formula is C25H16F6N4O2. The van der Waals surface area contributed by atoms with Crippen LogP contribution >= 0.6 is 0 Å². The Kier molecular flexibility index (Phi) is 6.89. The van der Waals surface area contributed by atoms with E-state index >= 15 is 0 Å². The Morgan fingerprint density at radius 3 is 2.49 bits per heavy atom. The first-order valence-corrected chi connectivity index (χ1v) is 10.7. The number of hydrogen-bond acceptors (Lipinski definition) is 4. The van der Waals surface area contributed by atoms with Crippen LogP contribution in [0.25, 0.3) is 0 Å². The maximum atomic E-state index is 13.7. The molecule has 1 aromatic heterocycles. The Hall–Kier alpha value is -4.40. The highest BCUT2D eigenvalue weighted by molar-refractivity contribution is 6.04. The summed E-state index contributed by atoms with van der Waals surface area (Å²) in [5.74, 6) is -4.15. The van der Waals surface area contributed by atoms with Gasteiger partial charge in [-0.15, -0.1) is 0 Å². The fourth-order valence-corrected chi connectivity index (χ4v) is 4.24. The van der Waals surface area contributed by atoms with Crippen LogP contribution in [0.1, 0.15) is 51.1 Å². The van der Waals surface area contributed by atoms with E-state index in [1.54, 1.807) is 6.07 Å². The average molecular weight is 518 g/mol. The summed E-state index contributed by atoms with van der Waals surface area (Å²) in [4.78, 5) is 30.8. The second-order valence-electron chi connectivity index (χ2n) is 8.17. The molecule has 2 aromatic carbocycles. The van der Waals surface area contributed by atoms with E-state index in [1.807, 2.05) is 0 Å². The van der Waals surface area contributed by atoms with Crippen molar-refractivity contribution in [1.29, 1.82) is 5.26 Å². The number of alkyl halides is 5. The summed E-state index contributed by atoms with van der Waals surface area (Å²) >= 11 is 0. The van der Waals surface area contributed by atoms with E-state index in [2.05, 4.69) is 10.3 Å². The highest BCUT2D eigenvalue weighted by Crippen LogP contribution is 2.44. The summed E-state index contributed by atoms with van der Waals surface area (Å²) in [5.41, 5.74) is -1.13. The van der Waals surface area contributed by atoms with E-state index in [-0.39, 0.29) is 27.9 Å². The smallest absolute Gasteiger partial charge is 0.325 e. The van der Waals surface area contributed by atoms with E-state index in [0.717, 1.165) is 36.5 Å². The largest absolute Gasteiger partial charge is 0.406 e. The monoisotopic (exact) mass is 518 g/mol. The number of nitrogens with zero attached hydrogens (tertiary/aromatic N) is 3. The average Bonchev–Trinajstić information content (AvgIpc) is 2.86. The number of benzene rings is 2. The third-order valence-corrected chi connectivity index (χ3v) is 5.80. The Bertz CT molecular complexity index is 1390. The molecule has 12 heteroatoms. The molecule has 1 N–H and O–H groups in total. The second kappa shape index (κ2) is 9.93. The van der Waals surface area contributed by atoms with E-state index in [0.29, 0.717) is 4.90 Å². The van der Waals surface area contributed by atoms with E-state index < -0.39 is 54.4 Å². The minimum Gasteiger partial charge on any atom is -0.325 e. The van der Waals surface area contributed by atoms with Crippen LogP contribution in [0.5, 0.6) is 0 Å². The minimum atomic E-state index is -4.85. The predicted molar refractivity (Wildman–Crippen MR) is 118 cm³/mol. The van der Waals surface area contributed by atoms with Crippen LogP contribution in [0.2, 0.25) is 0 Å². The van der Waals surface area contributed by atoms with Gasteiger partial charge in [0.05, 0.1) is 17.5 Å². The lowest BCUT2D eigenvalue weighted by molar-refractivity contribution is -0.148. The normalized spacial score (nSPS) is 17.4. The van der Waals surface area contributed by atoms with Crippen LogP contribution in [0, 0.1) is 17.1 Å². The van der Waals surface area contributed by atoms with Gasteiger partial charge in [-0.05, 0) is 41.5 Å². The number of halogens is 6. The van der Waals surface area contributed by atoms with E-state index in [4.69, 9.17) is 5.26 Å². The fourth-order valence-electron chi connectivity index (χ4n) is 4.24. The molecule has 0 spiro atoms. The Labute approximate surface area is 206 Å². The van der Waals surface area contributed by atoms with Crippen LogP contribution in [-0.2, 0) is 4.79 Å². The fraction of sp³-hybridized carbons (Fsp3) is 0.200. The molecule has 3 aromatic rings. The number of amides is 2. The number of aromatic nitrogens is 1. The van der Waals surface area contributed by atoms with Crippen LogP contribution in [-0.4, -0.2) is 34.4 Å². The van der Waals surface area contributed by atoms with Gasteiger partial charge in [-0.2, -0.15) is 18.4 Å². The van der Waals surface area contributed by atoms with Crippen LogP contribution in [0.4, 0.5) is 32.0 Å². The van der Waals surface area contributed by atoms with E-state index in [1.165, 1.54) is 24.3 Å². The summed E-state index contributed by atoms with van der Waals surface area (Å²) in [5, 5.41) is 11.5. The van der Waals surface area contributed by atoms with Crippen molar-refractivity contribution in [3.8, 4) is 6.07 Å². The van der Waals surface area contributed by atoms with Crippen molar-refractivity contribution in [3.63, 3.8) is 0 Å². The highest BCUT2D eigenvalue weighted by atomic mass is 19.4. The molecule has 4 rings (SSSR count). The summed E-state index contributed by atoms with van der Waals surface area (Å²) in [6, 6.07) is 10.8. The molecule has 0 aliphatic carbocycles. The van der Waals surface area contributed by atoms with Gasteiger partial charge in [-0.25, -0.2) is 13.2 Å². The third-order valence-electron chi connectivity index (χ3n) is 5.80. The maximum Gasteiger partial charge on any atom is 0.406 e. The molecule has 2 heterocycles. The summed E-state index contributed by atoms with van der Waals surface area (Å²) in [6.07, 6.45) is -6.89. The van der Waals surface area contributed by atoms with Crippen LogP contribution in [0.3, 0.4) is 0 Å². The number of fused-ring (bicyclic) bond motifs is 1. The van der Waals surface area contributed by atoms with Crippen LogP contribution in [0.15, 0.2) is 60.8 Å². The Balaban J connectivity index is 1.85. The number of hydrogen-bond donors (Lipinski definition) is 1. The standard InChI is InChI=1S/C25H16F6N4O2/c26-18-7-6-15(9-14(18)10-32)34-23(36)20-16-3-1-2-4-17(16)24(37)35(12-25(29,30)31)21(20)13-5-8-19(22(27)28)33-11-13/h1-9,11,20-22H,12H2,(H,34,36). The molecule has 1 aliphatic heterocycles. The lowest BCUT2D eigenvalue weighted by atomic mass is 9.79. The lowest BCUT2D eigenvalue weighted by Crippen LogP contribution is -2.49. The zero-order valence-corrected chi connectivity index (χ0v) is 18.6. The van der Waals surface area contributed by atoms with Gasteiger partial charge in [0.2, 0.25) is 5.91 Å². The number of carbonyl (C=O) groups is 2. The third kappa shape index (κ3) is 5.25. The highest BCUT2D eigenvalue weighted by Gasteiger charge is 2.48. The first-order valence-electron chi connectivity index (χ1n) is 10.7. The molecule has 0 saturated carbocycles. The molecule has 0 bridgehead atoms. The van der Waals surface area contributed by atoms with Gasteiger partial charge in [0.25, 0.3) is 12.3 Å². The van der Waals surface area contributed by atoms with Gasteiger partial charge < -0.3 is 10.2 Å². The zero-order chi connectivity index (χ0) is 26.9. The molecule has 37 heavy (non-hydrogen) atoms. The number of rotatable bonds is 5. The quantitative estimate of drug-likeness (QED) is 0.452. The van der Waals surface area contributed by atoms with Crippen molar-refractivity contribution in [2.24, 2.45) is 0 Å². The van der Waals surface area contributed by atoms with Gasteiger partial charge in [-0.1, -0.05) is 24.3 Å². The summed E-state index contributed by atoms with van der Waals surface area (Å²) < 4.78 is 80.5. The van der Waals surface area contributed by atoms with Crippen molar-refractivity contribution in [2.75, 3.05) is 11.9 Å². The van der Waals surface area contributed by atoms with Crippen LogP contribution < -0.4 is 5.32 Å². The van der Waals surface area contributed by atoms with Crippen molar-refractivity contribution in [2.45, 2.75) is 24.6 Å². The van der Waals surface area contributed by atoms with Gasteiger partial charge in [0.1, 0.15) is 24.1 Å². The Morgan fingerprint density at radius 2 is 1.86 bits per heavy atom. The number of nitriles is 1. The number of pyridine rings is 1. The first-order chi connectivity index (χ1) is 17.5. The Morgan fingerprint density at radius 1 is 1.14 bits per heavy atom. The SMILES string of the molecule is N#Cc1cc(NC(=O)C2c3ccccc3C(=O)N(CC(F)(F)F)C2c2ccc(C(F)F)nc2)ccc1F. The van der Waals surface area contributed by atoms with E-state index in [9.17, 15) is 35.9 Å². The van der Waals surface area contributed by atoms with Crippen molar-refractivity contribution < 1.29 is 35.9 Å². The second-order valence-corrected chi connectivity index (χ2v) is 8.17. The topological polar surface area (TPSA) is 86.1 Å². The van der Waals surface area contributed by atoms with Gasteiger partial charge in [0, 0.05) is 17.4 Å². The zero-order valence-electron chi connectivity index (χ0n) is 18.6. The molecule has 2 atom stereocenters. The number of anilines is 1. The predicted octanol–water partition coefficient (Wildman–Crippen LogP) is 5.51. The summed E-state index contributed by atoms with van der Waals surface area (Å²) in [6.45, 7) is -1.72. The number of carbonyl (C=O) groups excluding carboxylic acids is 2. The maximum absolute atomic E-state index is 13.7. The molecule has 1 aliphatic rings. The van der Waals surface area contributed by atoms with Crippen molar-refractivity contribution in [3.05, 3.63) is 94.6 Å². The lowest BCUT2D eigenvalue weighted by Gasteiger charge is -2.41. The summed E-state index contributed by atoms with van der Waals surface area (Å²) in [7, 11) is 0. The molecule has 2 unspecified atom stereocenters. The van der Waals surface area contributed by atoms with Gasteiger partial charge >= 0.3 is 6.18 Å². The molecule has 0 saturated heterocycles. The molecule has 0 fully saturated rings. The van der Waals surface area contributed by atoms with Gasteiger partial charge in [0.15, 0.2) is 0 Å². The van der Waals surface area contributed by atoms with Crippen molar-refractivity contribution >= 4 is 17.5 Å².